The lowest BCUT2D eigenvalue weighted by molar-refractivity contribution is 0.0699. The average molecular weight is 276 g/mol. The molecule has 1 aromatic heterocycles. The topological polar surface area (TPSA) is 59.1 Å². The van der Waals surface area contributed by atoms with Crippen molar-refractivity contribution in [2.24, 2.45) is 5.92 Å². The normalized spacial score (nSPS) is 19.9. The Bertz CT molecular complexity index is 467. The number of rotatable bonds is 5. The smallest absolute Gasteiger partial charge is 0.136 e. The van der Waals surface area contributed by atoms with Crippen molar-refractivity contribution < 1.29 is 4.74 Å². The van der Waals surface area contributed by atoms with E-state index in [0.717, 1.165) is 55.6 Å². The van der Waals surface area contributed by atoms with E-state index >= 15 is 0 Å². The van der Waals surface area contributed by atoms with Crippen molar-refractivity contribution in [3.63, 3.8) is 0 Å². The van der Waals surface area contributed by atoms with Crippen molar-refractivity contribution in [2.75, 3.05) is 37.4 Å². The molecule has 20 heavy (non-hydrogen) atoms. The highest BCUT2D eigenvalue weighted by molar-refractivity contribution is 5.57. The number of hydrogen-bond donors (Lipinski definition) is 2. The molecule has 1 saturated carbocycles. The molecule has 0 bridgehead atoms. The molecule has 3 rings (SSSR count). The summed E-state index contributed by atoms with van der Waals surface area (Å²) in [4.78, 5) is 9.36. The fourth-order valence-corrected chi connectivity index (χ4v) is 2.67. The first-order chi connectivity index (χ1) is 9.78. The summed E-state index contributed by atoms with van der Waals surface area (Å²) in [5.41, 5.74) is 1.11. The SMILES string of the molecule is CNc1nc(C2CC2)nc(NCC2CCOCC2)c1C. The zero-order chi connectivity index (χ0) is 13.9. The van der Waals surface area contributed by atoms with Crippen molar-refractivity contribution in [3.8, 4) is 0 Å². The third-order valence-electron chi connectivity index (χ3n) is 4.24. The maximum Gasteiger partial charge on any atom is 0.136 e. The van der Waals surface area contributed by atoms with Crippen LogP contribution < -0.4 is 10.6 Å². The predicted molar refractivity (Wildman–Crippen MR) is 80.3 cm³/mol. The van der Waals surface area contributed by atoms with Gasteiger partial charge < -0.3 is 15.4 Å². The molecule has 0 aromatic carbocycles. The van der Waals surface area contributed by atoms with Crippen LogP contribution in [0.1, 0.15) is 43.0 Å². The lowest BCUT2D eigenvalue weighted by atomic mass is 10.0. The highest BCUT2D eigenvalue weighted by atomic mass is 16.5. The fourth-order valence-electron chi connectivity index (χ4n) is 2.67. The highest BCUT2D eigenvalue weighted by Crippen LogP contribution is 2.39. The van der Waals surface area contributed by atoms with E-state index in [0.29, 0.717) is 11.8 Å². The second-order valence-corrected chi connectivity index (χ2v) is 5.86. The Morgan fingerprint density at radius 3 is 2.45 bits per heavy atom. The first-order valence-corrected chi connectivity index (χ1v) is 7.66. The van der Waals surface area contributed by atoms with Crippen LogP contribution in [0.15, 0.2) is 0 Å². The van der Waals surface area contributed by atoms with Crippen LogP contribution in [0.3, 0.4) is 0 Å². The van der Waals surface area contributed by atoms with Crippen molar-refractivity contribution in [2.45, 2.75) is 38.5 Å². The van der Waals surface area contributed by atoms with E-state index in [4.69, 9.17) is 9.72 Å². The quantitative estimate of drug-likeness (QED) is 0.865. The third kappa shape index (κ3) is 3.03. The zero-order valence-electron chi connectivity index (χ0n) is 12.4. The average Bonchev–Trinajstić information content (AvgIpc) is 3.32. The molecule has 2 fully saturated rings. The first-order valence-electron chi connectivity index (χ1n) is 7.66. The van der Waals surface area contributed by atoms with Gasteiger partial charge in [0.15, 0.2) is 0 Å². The van der Waals surface area contributed by atoms with Crippen LogP contribution in [0.2, 0.25) is 0 Å². The molecule has 2 N–H and O–H groups in total. The summed E-state index contributed by atoms with van der Waals surface area (Å²) in [5, 5.41) is 6.72. The monoisotopic (exact) mass is 276 g/mol. The Kier molecular flexibility index (Phi) is 4.05. The highest BCUT2D eigenvalue weighted by Gasteiger charge is 2.28. The van der Waals surface area contributed by atoms with Gasteiger partial charge in [0.2, 0.25) is 0 Å². The molecule has 1 saturated heterocycles. The number of aromatic nitrogens is 2. The van der Waals surface area contributed by atoms with E-state index < -0.39 is 0 Å². The molecular formula is C15H24N4O. The van der Waals surface area contributed by atoms with Gasteiger partial charge in [-0.1, -0.05) is 0 Å². The van der Waals surface area contributed by atoms with Crippen LogP contribution in [0.4, 0.5) is 11.6 Å². The molecular weight excluding hydrogens is 252 g/mol. The van der Waals surface area contributed by atoms with E-state index in [1.54, 1.807) is 0 Å². The van der Waals surface area contributed by atoms with E-state index in [1.165, 1.54) is 12.8 Å². The van der Waals surface area contributed by atoms with Crippen LogP contribution in [0.25, 0.3) is 0 Å². The van der Waals surface area contributed by atoms with E-state index in [9.17, 15) is 0 Å². The van der Waals surface area contributed by atoms with E-state index in [-0.39, 0.29) is 0 Å². The maximum absolute atomic E-state index is 5.41. The molecule has 110 valence electrons. The van der Waals surface area contributed by atoms with Crippen molar-refractivity contribution >= 4 is 11.6 Å². The second kappa shape index (κ2) is 5.95. The molecule has 0 unspecified atom stereocenters. The Labute approximate surface area is 120 Å². The summed E-state index contributed by atoms with van der Waals surface area (Å²) >= 11 is 0. The largest absolute Gasteiger partial charge is 0.381 e. The van der Waals surface area contributed by atoms with Gasteiger partial charge in [-0.3, -0.25) is 0 Å². The van der Waals surface area contributed by atoms with Crippen molar-refractivity contribution in [1.29, 1.82) is 0 Å². The minimum Gasteiger partial charge on any atom is -0.381 e. The van der Waals surface area contributed by atoms with Gasteiger partial charge in [-0.05, 0) is 38.5 Å². The minimum atomic E-state index is 0.575. The zero-order valence-corrected chi connectivity index (χ0v) is 12.4. The molecule has 0 spiro atoms. The Balaban J connectivity index is 1.71. The van der Waals surface area contributed by atoms with Gasteiger partial charge in [-0.15, -0.1) is 0 Å². The lowest BCUT2D eigenvalue weighted by Crippen LogP contribution is -2.23. The molecule has 0 atom stereocenters. The minimum absolute atomic E-state index is 0.575. The molecule has 1 aliphatic heterocycles. The molecule has 0 amide bonds. The number of ether oxygens (including phenoxy) is 1. The van der Waals surface area contributed by atoms with Crippen molar-refractivity contribution in [3.05, 3.63) is 11.4 Å². The number of hydrogen-bond acceptors (Lipinski definition) is 5. The maximum atomic E-state index is 5.41. The Morgan fingerprint density at radius 2 is 1.80 bits per heavy atom. The van der Waals surface area contributed by atoms with E-state index in [2.05, 4.69) is 22.5 Å². The predicted octanol–water partition coefficient (Wildman–Crippen LogP) is 2.54. The van der Waals surface area contributed by atoms with Crippen LogP contribution in [-0.2, 0) is 4.74 Å². The van der Waals surface area contributed by atoms with Crippen molar-refractivity contribution in [1.82, 2.24) is 9.97 Å². The molecule has 0 radical (unpaired) electrons. The summed E-state index contributed by atoms with van der Waals surface area (Å²) in [6, 6.07) is 0. The van der Waals surface area contributed by atoms with Crippen LogP contribution >= 0.6 is 0 Å². The van der Waals surface area contributed by atoms with Crippen LogP contribution in [-0.4, -0.2) is 36.8 Å². The summed E-state index contributed by atoms with van der Waals surface area (Å²) in [6.45, 7) is 4.84. The van der Waals surface area contributed by atoms with Crippen LogP contribution in [0.5, 0.6) is 0 Å². The fraction of sp³-hybridized carbons (Fsp3) is 0.733. The number of anilines is 2. The van der Waals surface area contributed by atoms with Gasteiger partial charge in [-0.2, -0.15) is 0 Å². The van der Waals surface area contributed by atoms with Gasteiger partial charge in [0.05, 0.1) is 0 Å². The molecule has 1 aliphatic carbocycles. The summed E-state index contributed by atoms with van der Waals surface area (Å²) < 4.78 is 5.41. The summed E-state index contributed by atoms with van der Waals surface area (Å²) in [5.74, 6) is 4.22. The Hall–Kier alpha value is -1.36. The third-order valence-corrected chi connectivity index (χ3v) is 4.24. The number of nitrogens with zero attached hydrogens (tertiary/aromatic N) is 2. The van der Waals surface area contributed by atoms with Gasteiger partial charge in [-0.25, -0.2) is 9.97 Å². The number of nitrogens with one attached hydrogen (secondary N) is 2. The molecule has 1 aromatic rings. The van der Waals surface area contributed by atoms with E-state index in [1.807, 2.05) is 7.05 Å². The first kappa shape index (κ1) is 13.6. The standard InChI is InChI=1S/C15H24N4O/c1-10-13(16-2)18-15(12-3-4-12)19-14(10)17-9-11-5-7-20-8-6-11/h11-12H,3-9H2,1-2H3,(H2,16,17,18,19). The van der Waals surface area contributed by atoms with Gasteiger partial charge in [0.1, 0.15) is 17.5 Å². The van der Waals surface area contributed by atoms with Gasteiger partial charge in [0, 0.05) is 38.3 Å². The van der Waals surface area contributed by atoms with Gasteiger partial charge in [0.25, 0.3) is 0 Å². The molecule has 5 heteroatoms. The lowest BCUT2D eigenvalue weighted by Gasteiger charge is -2.23. The summed E-state index contributed by atoms with van der Waals surface area (Å²) in [7, 11) is 1.92. The second-order valence-electron chi connectivity index (χ2n) is 5.86. The molecule has 2 heterocycles. The Morgan fingerprint density at radius 1 is 1.10 bits per heavy atom. The molecule has 5 nitrogen and oxygen atoms in total. The molecule has 2 aliphatic rings. The summed E-state index contributed by atoms with van der Waals surface area (Å²) in [6.07, 6.45) is 4.74. The van der Waals surface area contributed by atoms with Crippen LogP contribution in [0, 0.1) is 12.8 Å². The van der Waals surface area contributed by atoms with Gasteiger partial charge >= 0.3 is 0 Å².